The predicted octanol–water partition coefficient (Wildman–Crippen LogP) is -0.548. The molecule has 1 unspecified atom stereocenters. The van der Waals surface area contributed by atoms with Crippen LogP contribution in [0, 0.1) is 17.8 Å². The van der Waals surface area contributed by atoms with Crippen LogP contribution in [0.25, 0.3) is 0 Å². The van der Waals surface area contributed by atoms with Gasteiger partial charge in [-0.05, 0) is 12.3 Å². The highest BCUT2D eigenvalue weighted by Crippen LogP contribution is 2.38. The highest BCUT2D eigenvalue weighted by atomic mass is 16.4. The van der Waals surface area contributed by atoms with Crippen molar-refractivity contribution in [2.24, 2.45) is 17.8 Å². The van der Waals surface area contributed by atoms with E-state index in [1.807, 2.05) is 6.92 Å². The van der Waals surface area contributed by atoms with E-state index in [0.717, 1.165) is 0 Å². The van der Waals surface area contributed by atoms with E-state index in [4.69, 9.17) is 10.2 Å². The SMILES string of the molecule is CC(CO)CNC(=O)[C@@H]1C[C@@H]1C(=O)O. The van der Waals surface area contributed by atoms with Crippen molar-refractivity contribution in [2.75, 3.05) is 13.2 Å². The summed E-state index contributed by atoms with van der Waals surface area (Å²) in [6.45, 7) is 2.23. The summed E-state index contributed by atoms with van der Waals surface area (Å²) in [4.78, 5) is 21.7. The third-order valence-electron chi connectivity index (χ3n) is 2.38. The molecule has 1 aliphatic rings. The molecule has 0 saturated heterocycles. The Balaban J connectivity index is 2.21. The average Bonchev–Trinajstić information content (AvgIpc) is 2.92. The van der Waals surface area contributed by atoms with Crippen LogP contribution in [0.15, 0.2) is 0 Å². The molecule has 14 heavy (non-hydrogen) atoms. The Morgan fingerprint density at radius 3 is 2.57 bits per heavy atom. The number of aliphatic hydroxyl groups is 1. The van der Waals surface area contributed by atoms with Crippen LogP contribution in [-0.2, 0) is 9.59 Å². The van der Waals surface area contributed by atoms with Crippen LogP contribution in [0.1, 0.15) is 13.3 Å². The molecular weight excluding hydrogens is 186 g/mol. The van der Waals surface area contributed by atoms with Gasteiger partial charge in [0.05, 0.1) is 11.8 Å². The van der Waals surface area contributed by atoms with E-state index in [1.54, 1.807) is 0 Å². The van der Waals surface area contributed by atoms with Gasteiger partial charge in [-0.3, -0.25) is 9.59 Å². The van der Waals surface area contributed by atoms with Crippen molar-refractivity contribution in [1.82, 2.24) is 5.32 Å². The van der Waals surface area contributed by atoms with Gasteiger partial charge in [0.25, 0.3) is 0 Å². The van der Waals surface area contributed by atoms with Crippen LogP contribution in [0.4, 0.5) is 0 Å². The molecule has 0 heterocycles. The third-order valence-corrected chi connectivity index (χ3v) is 2.38. The van der Waals surface area contributed by atoms with E-state index in [0.29, 0.717) is 13.0 Å². The van der Waals surface area contributed by atoms with E-state index in [2.05, 4.69) is 5.32 Å². The Morgan fingerprint density at radius 1 is 1.50 bits per heavy atom. The van der Waals surface area contributed by atoms with Crippen LogP contribution in [0.3, 0.4) is 0 Å². The summed E-state index contributed by atoms with van der Waals surface area (Å²) in [6.07, 6.45) is 0.439. The van der Waals surface area contributed by atoms with Crippen molar-refractivity contribution in [3.05, 3.63) is 0 Å². The van der Waals surface area contributed by atoms with Gasteiger partial charge in [0, 0.05) is 13.2 Å². The van der Waals surface area contributed by atoms with Gasteiger partial charge in [0.15, 0.2) is 0 Å². The van der Waals surface area contributed by atoms with Crippen LogP contribution in [0.5, 0.6) is 0 Å². The molecule has 3 N–H and O–H groups in total. The zero-order chi connectivity index (χ0) is 10.7. The van der Waals surface area contributed by atoms with E-state index in [-0.39, 0.29) is 24.3 Å². The Hall–Kier alpha value is -1.10. The lowest BCUT2D eigenvalue weighted by molar-refractivity contribution is -0.140. The second kappa shape index (κ2) is 4.41. The Labute approximate surface area is 82.1 Å². The number of carboxylic acids is 1. The molecule has 0 aliphatic heterocycles. The molecule has 3 atom stereocenters. The number of aliphatic hydroxyl groups excluding tert-OH is 1. The molecule has 1 amide bonds. The number of carboxylic acid groups (broad SMARTS) is 1. The van der Waals surface area contributed by atoms with Gasteiger partial charge in [0.1, 0.15) is 0 Å². The molecule has 0 spiro atoms. The average molecular weight is 201 g/mol. The summed E-state index contributed by atoms with van der Waals surface area (Å²) in [6, 6.07) is 0. The molecule has 0 bridgehead atoms. The molecular formula is C9H15NO4. The number of amides is 1. The molecule has 1 fully saturated rings. The largest absolute Gasteiger partial charge is 0.481 e. The topological polar surface area (TPSA) is 86.6 Å². The lowest BCUT2D eigenvalue weighted by atomic mass is 10.2. The first-order chi connectivity index (χ1) is 6.56. The molecule has 0 aromatic heterocycles. The van der Waals surface area contributed by atoms with Crippen LogP contribution in [-0.4, -0.2) is 35.2 Å². The molecule has 5 heteroatoms. The standard InChI is InChI=1S/C9H15NO4/c1-5(4-11)3-10-8(12)6-2-7(6)9(13)14/h5-7,11H,2-4H2,1H3,(H,10,12)(H,13,14)/t5?,6-,7+/m1/s1. The third kappa shape index (κ3) is 2.70. The van der Waals surface area contributed by atoms with Gasteiger partial charge in [-0.25, -0.2) is 0 Å². The Bertz CT molecular complexity index is 241. The van der Waals surface area contributed by atoms with Crippen molar-refractivity contribution in [3.63, 3.8) is 0 Å². The van der Waals surface area contributed by atoms with E-state index in [1.165, 1.54) is 0 Å². The van der Waals surface area contributed by atoms with Crippen LogP contribution in [0.2, 0.25) is 0 Å². The maximum atomic E-state index is 11.3. The van der Waals surface area contributed by atoms with Crippen LogP contribution < -0.4 is 5.32 Å². The van der Waals surface area contributed by atoms with Gasteiger partial charge in [0.2, 0.25) is 5.91 Å². The van der Waals surface area contributed by atoms with Crippen LogP contribution >= 0.6 is 0 Å². The first-order valence-electron chi connectivity index (χ1n) is 4.67. The molecule has 0 aromatic carbocycles. The number of nitrogens with one attached hydrogen (secondary N) is 1. The highest BCUT2D eigenvalue weighted by Gasteiger charge is 2.48. The summed E-state index contributed by atoms with van der Waals surface area (Å²) in [5.41, 5.74) is 0. The summed E-state index contributed by atoms with van der Waals surface area (Å²) < 4.78 is 0. The normalized spacial score (nSPS) is 26.7. The molecule has 1 aliphatic carbocycles. The number of hydrogen-bond donors (Lipinski definition) is 3. The van der Waals surface area contributed by atoms with Gasteiger partial charge < -0.3 is 15.5 Å². The Kier molecular flexibility index (Phi) is 3.46. The van der Waals surface area contributed by atoms with Crippen molar-refractivity contribution in [2.45, 2.75) is 13.3 Å². The highest BCUT2D eigenvalue weighted by molar-refractivity contribution is 5.89. The molecule has 1 rings (SSSR count). The first-order valence-corrected chi connectivity index (χ1v) is 4.67. The summed E-state index contributed by atoms with van der Waals surface area (Å²) in [7, 11) is 0. The number of rotatable bonds is 5. The smallest absolute Gasteiger partial charge is 0.307 e. The van der Waals surface area contributed by atoms with Crippen molar-refractivity contribution < 1.29 is 19.8 Å². The monoisotopic (exact) mass is 201 g/mol. The van der Waals surface area contributed by atoms with Crippen molar-refractivity contribution in [1.29, 1.82) is 0 Å². The molecule has 80 valence electrons. The number of aliphatic carboxylic acids is 1. The minimum absolute atomic E-state index is 0.0148. The maximum Gasteiger partial charge on any atom is 0.307 e. The number of hydrogen-bond acceptors (Lipinski definition) is 3. The fourth-order valence-electron chi connectivity index (χ4n) is 1.23. The lowest BCUT2D eigenvalue weighted by Gasteiger charge is -2.08. The van der Waals surface area contributed by atoms with Crippen molar-refractivity contribution >= 4 is 11.9 Å². The zero-order valence-electron chi connectivity index (χ0n) is 8.06. The summed E-state index contributed by atoms with van der Waals surface area (Å²) in [5.74, 6) is -1.96. The second-order valence-corrected chi connectivity index (χ2v) is 3.82. The second-order valence-electron chi connectivity index (χ2n) is 3.82. The number of carbonyl (C=O) groups excluding carboxylic acids is 1. The fourth-order valence-corrected chi connectivity index (χ4v) is 1.23. The molecule has 5 nitrogen and oxygen atoms in total. The summed E-state index contributed by atoms with van der Waals surface area (Å²) >= 11 is 0. The van der Waals surface area contributed by atoms with Gasteiger partial charge in [-0.15, -0.1) is 0 Å². The van der Waals surface area contributed by atoms with E-state index < -0.39 is 11.9 Å². The van der Waals surface area contributed by atoms with Gasteiger partial charge in [-0.2, -0.15) is 0 Å². The maximum absolute atomic E-state index is 11.3. The number of carbonyl (C=O) groups is 2. The quantitative estimate of drug-likeness (QED) is 0.557. The van der Waals surface area contributed by atoms with Gasteiger partial charge in [-0.1, -0.05) is 6.92 Å². The Morgan fingerprint density at radius 2 is 2.14 bits per heavy atom. The van der Waals surface area contributed by atoms with Gasteiger partial charge >= 0.3 is 5.97 Å². The zero-order valence-corrected chi connectivity index (χ0v) is 8.06. The predicted molar refractivity (Wildman–Crippen MR) is 48.5 cm³/mol. The van der Waals surface area contributed by atoms with Crippen molar-refractivity contribution in [3.8, 4) is 0 Å². The lowest BCUT2D eigenvalue weighted by Crippen LogP contribution is -2.31. The minimum Gasteiger partial charge on any atom is -0.481 e. The fraction of sp³-hybridized carbons (Fsp3) is 0.778. The minimum atomic E-state index is -0.902. The molecule has 1 saturated carbocycles. The molecule has 0 aromatic rings. The van der Waals surface area contributed by atoms with E-state index in [9.17, 15) is 9.59 Å². The molecule has 0 radical (unpaired) electrons. The first kappa shape index (κ1) is 11.0. The summed E-state index contributed by atoms with van der Waals surface area (Å²) in [5, 5.41) is 19.9. The van der Waals surface area contributed by atoms with E-state index >= 15 is 0 Å².